The van der Waals surface area contributed by atoms with E-state index in [4.69, 9.17) is 23.8 Å². The lowest BCUT2D eigenvalue weighted by molar-refractivity contribution is 0.415. The maximum Gasteiger partial charge on any atom is 0.171 e. The van der Waals surface area contributed by atoms with Crippen LogP contribution in [0.1, 0.15) is 32.1 Å². The summed E-state index contributed by atoms with van der Waals surface area (Å²) in [5.74, 6) is 0. The van der Waals surface area contributed by atoms with E-state index in [9.17, 15) is 0 Å². The molecule has 0 aliphatic heterocycles. The van der Waals surface area contributed by atoms with Crippen LogP contribution in [0.15, 0.2) is 52.5 Å². The molecule has 0 amide bonds. The number of benzene rings is 1. The van der Waals surface area contributed by atoms with Gasteiger partial charge in [-0.05, 0) is 61.5 Å². The van der Waals surface area contributed by atoms with Gasteiger partial charge in [0.25, 0.3) is 0 Å². The van der Waals surface area contributed by atoms with Gasteiger partial charge in [0.05, 0.1) is 5.69 Å². The van der Waals surface area contributed by atoms with Gasteiger partial charge in [-0.3, -0.25) is 0 Å². The van der Waals surface area contributed by atoms with Crippen molar-refractivity contribution in [2.75, 3.05) is 5.32 Å². The highest BCUT2D eigenvalue weighted by atomic mass is 35.5. The van der Waals surface area contributed by atoms with E-state index in [0.29, 0.717) is 11.2 Å². The average molecular weight is 378 g/mol. The Labute approximate surface area is 157 Å². The summed E-state index contributed by atoms with van der Waals surface area (Å²) >= 11 is 13.0. The molecule has 1 saturated carbocycles. The number of pyridine rings is 1. The van der Waals surface area contributed by atoms with Crippen LogP contribution in [0, 0.1) is 0 Å². The number of aromatic nitrogens is 1. The lowest BCUT2D eigenvalue weighted by Crippen LogP contribution is -2.38. The molecular formula is C18H20ClN3S2. The van der Waals surface area contributed by atoms with Crippen molar-refractivity contribution in [2.24, 2.45) is 0 Å². The molecule has 3 rings (SSSR count). The normalized spacial score (nSPS) is 15.0. The van der Waals surface area contributed by atoms with E-state index in [1.165, 1.54) is 32.1 Å². The van der Waals surface area contributed by atoms with Crippen LogP contribution in [0.4, 0.5) is 5.69 Å². The number of hydrogen-bond acceptors (Lipinski definition) is 3. The first-order valence-corrected chi connectivity index (χ1v) is 9.77. The van der Waals surface area contributed by atoms with Gasteiger partial charge in [-0.15, -0.1) is 0 Å². The molecule has 1 aromatic carbocycles. The van der Waals surface area contributed by atoms with E-state index < -0.39 is 0 Å². The monoisotopic (exact) mass is 377 g/mol. The molecule has 2 N–H and O–H groups in total. The Balaban J connectivity index is 1.64. The number of anilines is 1. The second kappa shape index (κ2) is 8.70. The number of nitrogens with one attached hydrogen (secondary N) is 2. The molecule has 1 aromatic heterocycles. The van der Waals surface area contributed by atoms with E-state index in [-0.39, 0.29) is 0 Å². The van der Waals surface area contributed by atoms with Crippen LogP contribution in [0.2, 0.25) is 5.02 Å². The number of halogens is 1. The predicted molar refractivity (Wildman–Crippen MR) is 106 cm³/mol. The van der Waals surface area contributed by atoms with E-state index in [0.717, 1.165) is 20.6 Å². The fraction of sp³-hybridized carbons (Fsp3) is 0.333. The maximum atomic E-state index is 5.94. The molecule has 0 unspecified atom stereocenters. The van der Waals surface area contributed by atoms with Crippen LogP contribution in [0.25, 0.3) is 0 Å². The molecule has 1 fully saturated rings. The summed E-state index contributed by atoms with van der Waals surface area (Å²) in [6.45, 7) is 0. The zero-order valence-electron chi connectivity index (χ0n) is 13.3. The smallest absolute Gasteiger partial charge is 0.171 e. The Morgan fingerprint density at radius 3 is 2.62 bits per heavy atom. The van der Waals surface area contributed by atoms with Crippen molar-refractivity contribution >= 4 is 46.4 Å². The van der Waals surface area contributed by atoms with E-state index in [2.05, 4.69) is 15.6 Å². The van der Waals surface area contributed by atoms with Gasteiger partial charge in [-0.1, -0.05) is 42.6 Å². The molecule has 2 aromatic rings. The van der Waals surface area contributed by atoms with Gasteiger partial charge in [0.15, 0.2) is 5.11 Å². The van der Waals surface area contributed by atoms with Gasteiger partial charge in [0.2, 0.25) is 0 Å². The minimum atomic E-state index is 0.489. The van der Waals surface area contributed by atoms with Crippen molar-refractivity contribution in [1.82, 2.24) is 10.3 Å². The lowest BCUT2D eigenvalue weighted by atomic mass is 9.96. The second-order valence-corrected chi connectivity index (χ2v) is 7.75. The zero-order valence-corrected chi connectivity index (χ0v) is 15.7. The quantitative estimate of drug-likeness (QED) is 0.687. The van der Waals surface area contributed by atoms with Gasteiger partial charge in [0.1, 0.15) is 5.03 Å². The topological polar surface area (TPSA) is 37.0 Å². The molecule has 0 spiro atoms. The SMILES string of the molecule is S=C(Nc1cccnc1Sc1ccc(Cl)cc1)NC1CCCCC1. The van der Waals surface area contributed by atoms with Crippen LogP contribution < -0.4 is 10.6 Å². The summed E-state index contributed by atoms with van der Waals surface area (Å²) in [6.07, 6.45) is 8.09. The minimum absolute atomic E-state index is 0.489. The fourth-order valence-electron chi connectivity index (χ4n) is 2.77. The highest BCUT2D eigenvalue weighted by Crippen LogP contribution is 2.32. The molecule has 1 aliphatic carbocycles. The van der Waals surface area contributed by atoms with Gasteiger partial charge in [-0.2, -0.15) is 0 Å². The number of thiocarbonyl (C=S) groups is 1. The molecular weight excluding hydrogens is 358 g/mol. The first kappa shape index (κ1) is 17.5. The van der Waals surface area contributed by atoms with Crippen LogP contribution in [-0.2, 0) is 0 Å². The summed E-state index contributed by atoms with van der Waals surface area (Å²) in [5.41, 5.74) is 0.922. The van der Waals surface area contributed by atoms with Gasteiger partial charge in [0, 0.05) is 22.2 Å². The van der Waals surface area contributed by atoms with Crippen molar-refractivity contribution in [3.8, 4) is 0 Å². The maximum absolute atomic E-state index is 5.94. The molecule has 6 heteroatoms. The first-order chi connectivity index (χ1) is 11.7. The standard InChI is InChI=1S/C18H20ClN3S2/c19-13-8-10-15(11-9-13)24-17-16(7-4-12-20-17)22-18(23)21-14-5-2-1-3-6-14/h4,7-12,14H,1-3,5-6H2,(H2,21,22,23). The first-order valence-electron chi connectivity index (χ1n) is 8.17. The summed E-state index contributed by atoms with van der Waals surface area (Å²) in [6, 6.07) is 12.2. The molecule has 1 heterocycles. The number of nitrogens with zero attached hydrogens (tertiary/aromatic N) is 1. The van der Waals surface area contributed by atoms with E-state index >= 15 is 0 Å². The largest absolute Gasteiger partial charge is 0.360 e. The van der Waals surface area contributed by atoms with Crippen molar-refractivity contribution in [3.05, 3.63) is 47.6 Å². The fourth-order valence-corrected chi connectivity index (χ4v) is 4.01. The molecule has 24 heavy (non-hydrogen) atoms. The Morgan fingerprint density at radius 1 is 1.12 bits per heavy atom. The molecule has 126 valence electrons. The van der Waals surface area contributed by atoms with Crippen molar-refractivity contribution < 1.29 is 0 Å². The van der Waals surface area contributed by atoms with Crippen LogP contribution in [-0.4, -0.2) is 16.1 Å². The lowest BCUT2D eigenvalue weighted by Gasteiger charge is -2.24. The summed E-state index contributed by atoms with van der Waals surface area (Å²) in [7, 11) is 0. The minimum Gasteiger partial charge on any atom is -0.360 e. The number of rotatable bonds is 4. The number of hydrogen-bond donors (Lipinski definition) is 2. The van der Waals surface area contributed by atoms with E-state index in [1.54, 1.807) is 18.0 Å². The molecule has 0 radical (unpaired) electrons. The second-order valence-electron chi connectivity index (χ2n) is 5.85. The van der Waals surface area contributed by atoms with Crippen LogP contribution in [0.3, 0.4) is 0 Å². The summed E-state index contributed by atoms with van der Waals surface area (Å²) < 4.78 is 0. The molecule has 0 bridgehead atoms. The Bertz CT molecular complexity index is 685. The van der Waals surface area contributed by atoms with Crippen molar-refractivity contribution in [2.45, 2.75) is 48.1 Å². The average Bonchev–Trinajstić information content (AvgIpc) is 2.59. The summed E-state index contributed by atoms with van der Waals surface area (Å²) in [4.78, 5) is 5.57. The highest BCUT2D eigenvalue weighted by Gasteiger charge is 2.15. The summed E-state index contributed by atoms with van der Waals surface area (Å²) in [5, 5.41) is 9.03. The third-order valence-electron chi connectivity index (χ3n) is 3.99. The van der Waals surface area contributed by atoms with Gasteiger partial charge in [-0.25, -0.2) is 4.98 Å². The molecule has 1 aliphatic rings. The van der Waals surface area contributed by atoms with Gasteiger partial charge >= 0.3 is 0 Å². The Morgan fingerprint density at radius 2 is 1.88 bits per heavy atom. The van der Waals surface area contributed by atoms with Crippen LogP contribution in [0.5, 0.6) is 0 Å². The van der Waals surface area contributed by atoms with Crippen molar-refractivity contribution in [3.63, 3.8) is 0 Å². The van der Waals surface area contributed by atoms with Gasteiger partial charge < -0.3 is 10.6 Å². The van der Waals surface area contributed by atoms with Crippen molar-refractivity contribution in [1.29, 1.82) is 0 Å². The molecule has 3 nitrogen and oxygen atoms in total. The Hall–Kier alpha value is -1.30. The highest BCUT2D eigenvalue weighted by molar-refractivity contribution is 7.99. The third-order valence-corrected chi connectivity index (χ3v) is 5.49. The molecule has 0 saturated heterocycles. The van der Waals surface area contributed by atoms with Crippen LogP contribution >= 0.6 is 35.6 Å². The third kappa shape index (κ3) is 5.10. The molecule has 0 atom stereocenters. The zero-order chi connectivity index (χ0) is 16.8. The Kier molecular flexibility index (Phi) is 6.35. The predicted octanol–water partition coefficient (Wildman–Crippen LogP) is 5.51. The van der Waals surface area contributed by atoms with E-state index in [1.807, 2.05) is 36.4 Å².